The van der Waals surface area contributed by atoms with Gasteiger partial charge >= 0.3 is 34.2 Å². The SMILES string of the molecule is C=C[Si](C)(OC)O[Si](C)(C=C)O[Si](C)(C=C)O[Si](C)(C=C)OC. The van der Waals surface area contributed by atoms with Crippen molar-refractivity contribution in [3.63, 3.8) is 0 Å². The largest absolute Gasteiger partial charge is 0.410 e. The highest BCUT2D eigenvalue weighted by molar-refractivity contribution is 6.93. The minimum absolute atomic E-state index is 1.61. The second-order valence-electron chi connectivity index (χ2n) is 5.59. The predicted molar refractivity (Wildman–Crippen MR) is 105 cm³/mol. The van der Waals surface area contributed by atoms with E-state index in [2.05, 4.69) is 26.3 Å². The molecule has 0 aromatic heterocycles. The molecule has 0 radical (unpaired) electrons. The summed E-state index contributed by atoms with van der Waals surface area (Å²) in [6, 6.07) is 0. The van der Waals surface area contributed by atoms with Gasteiger partial charge in [-0.05, 0) is 26.2 Å². The molecule has 0 spiro atoms. The highest BCUT2D eigenvalue weighted by atomic mass is 28.5. The van der Waals surface area contributed by atoms with Gasteiger partial charge in [0.1, 0.15) is 0 Å². The Balaban J connectivity index is 5.47. The van der Waals surface area contributed by atoms with Crippen LogP contribution in [0, 0.1) is 0 Å². The van der Waals surface area contributed by atoms with Crippen LogP contribution in [0.2, 0.25) is 26.2 Å². The van der Waals surface area contributed by atoms with Crippen LogP contribution in [0.1, 0.15) is 0 Å². The van der Waals surface area contributed by atoms with Crippen molar-refractivity contribution in [3.8, 4) is 0 Å². The molecule has 0 aromatic carbocycles. The second-order valence-corrected chi connectivity index (χ2v) is 18.6. The van der Waals surface area contributed by atoms with Gasteiger partial charge in [0.05, 0.1) is 0 Å². The molecule has 0 heterocycles. The summed E-state index contributed by atoms with van der Waals surface area (Å²) in [7, 11) is -7.33. The first kappa shape index (κ1) is 22.6. The van der Waals surface area contributed by atoms with E-state index in [-0.39, 0.29) is 0 Å². The molecule has 0 aliphatic rings. The van der Waals surface area contributed by atoms with Crippen LogP contribution < -0.4 is 0 Å². The summed E-state index contributed by atoms with van der Waals surface area (Å²) in [5, 5.41) is 0. The molecule has 0 saturated heterocycles. The van der Waals surface area contributed by atoms with E-state index in [9.17, 15) is 0 Å². The average Bonchev–Trinajstić information content (AvgIpc) is 2.54. The summed E-state index contributed by atoms with van der Waals surface area (Å²) >= 11 is 0. The average molecular weight is 391 g/mol. The summed E-state index contributed by atoms with van der Waals surface area (Å²) in [6.07, 6.45) is 0. The van der Waals surface area contributed by atoms with Crippen LogP contribution in [-0.2, 0) is 21.2 Å². The van der Waals surface area contributed by atoms with Crippen molar-refractivity contribution in [2.75, 3.05) is 14.2 Å². The highest BCUT2D eigenvalue weighted by Crippen LogP contribution is 2.26. The van der Waals surface area contributed by atoms with E-state index in [0.717, 1.165) is 0 Å². The third-order valence-electron chi connectivity index (χ3n) is 3.51. The molecule has 9 heteroatoms. The molecular weight excluding hydrogens is 360 g/mol. The van der Waals surface area contributed by atoms with Gasteiger partial charge in [-0.1, -0.05) is 22.8 Å². The molecule has 0 N–H and O–H groups in total. The molecule has 4 unspecified atom stereocenters. The Hall–Kier alpha value is -0.372. The fourth-order valence-electron chi connectivity index (χ4n) is 1.75. The molecule has 0 bridgehead atoms. The molecule has 0 amide bonds. The maximum absolute atomic E-state index is 6.33. The second kappa shape index (κ2) is 8.64. The van der Waals surface area contributed by atoms with Gasteiger partial charge < -0.3 is 21.2 Å². The van der Waals surface area contributed by atoms with E-state index in [1.54, 1.807) is 37.0 Å². The molecule has 23 heavy (non-hydrogen) atoms. The van der Waals surface area contributed by atoms with Crippen LogP contribution in [0.5, 0.6) is 0 Å². The Labute approximate surface area is 145 Å². The van der Waals surface area contributed by atoms with E-state index in [1.165, 1.54) is 0 Å². The molecule has 0 fully saturated rings. The zero-order chi connectivity index (χ0) is 18.4. The van der Waals surface area contributed by atoms with E-state index in [1.807, 2.05) is 26.2 Å². The van der Waals surface area contributed by atoms with Crippen LogP contribution in [0.4, 0.5) is 0 Å². The Morgan fingerprint density at radius 3 is 0.913 bits per heavy atom. The van der Waals surface area contributed by atoms with Crippen molar-refractivity contribution in [1.29, 1.82) is 0 Å². The number of rotatable bonds is 12. The Morgan fingerprint density at radius 1 is 0.522 bits per heavy atom. The maximum atomic E-state index is 6.33. The molecular formula is C14H30O5Si4. The van der Waals surface area contributed by atoms with E-state index in [0.29, 0.717) is 0 Å². The number of hydrogen-bond acceptors (Lipinski definition) is 5. The third kappa shape index (κ3) is 6.56. The van der Waals surface area contributed by atoms with Gasteiger partial charge in [0.15, 0.2) is 0 Å². The summed E-state index contributed by atoms with van der Waals surface area (Å²) in [5.74, 6) is 0. The van der Waals surface area contributed by atoms with Gasteiger partial charge in [0.2, 0.25) is 0 Å². The lowest BCUT2D eigenvalue weighted by Crippen LogP contribution is -2.59. The fourth-order valence-corrected chi connectivity index (χ4v) is 15.5. The lowest BCUT2D eigenvalue weighted by Gasteiger charge is -2.40. The fraction of sp³-hybridized carbons (Fsp3) is 0.429. The van der Waals surface area contributed by atoms with Gasteiger partial charge in [-0.25, -0.2) is 0 Å². The van der Waals surface area contributed by atoms with E-state index in [4.69, 9.17) is 21.2 Å². The van der Waals surface area contributed by atoms with Gasteiger partial charge in [-0.15, -0.1) is 26.3 Å². The van der Waals surface area contributed by atoms with Crippen LogP contribution in [0.3, 0.4) is 0 Å². The third-order valence-corrected chi connectivity index (χ3v) is 17.8. The van der Waals surface area contributed by atoms with Gasteiger partial charge in [-0.2, -0.15) is 0 Å². The zero-order valence-electron chi connectivity index (χ0n) is 15.2. The van der Waals surface area contributed by atoms with Crippen molar-refractivity contribution in [3.05, 3.63) is 49.1 Å². The van der Waals surface area contributed by atoms with Crippen molar-refractivity contribution in [1.82, 2.24) is 0 Å². The summed E-state index contributed by atoms with van der Waals surface area (Å²) in [5.41, 5.74) is 6.88. The summed E-state index contributed by atoms with van der Waals surface area (Å²) in [6.45, 7) is 23.0. The van der Waals surface area contributed by atoms with Crippen LogP contribution >= 0.6 is 0 Å². The Kier molecular flexibility index (Phi) is 8.50. The van der Waals surface area contributed by atoms with Crippen LogP contribution in [0.15, 0.2) is 49.1 Å². The van der Waals surface area contributed by atoms with Gasteiger partial charge in [-0.3, -0.25) is 0 Å². The standard InChI is InChI=1S/C14H30O5Si4/c1-11-20(7,15-5)17-22(9,13-3)19-23(10,14-4)18-21(8,12-2)16-6/h11-14H,1-4H2,5-10H3. The minimum atomic E-state index is -2.76. The van der Waals surface area contributed by atoms with E-state index >= 15 is 0 Å². The van der Waals surface area contributed by atoms with Crippen molar-refractivity contribution < 1.29 is 21.2 Å². The Bertz CT molecular complexity index is 422. The first-order valence-electron chi connectivity index (χ1n) is 7.24. The molecule has 4 atom stereocenters. The Morgan fingerprint density at radius 2 is 0.739 bits per heavy atom. The lowest BCUT2D eigenvalue weighted by molar-refractivity contribution is 0.256. The molecule has 0 aromatic rings. The summed E-state index contributed by atoms with van der Waals surface area (Å²) < 4.78 is 29.7. The van der Waals surface area contributed by atoms with Crippen LogP contribution in [0.25, 0.3) is 0 Å². The first-order chi connectivity index (χ1) is 10.5. The van der Waals surface area contributed by atoms with Gasteiger partial charge in [0.25, 0.3) is 0 Å². The molecule has 132 valence electrons. The predicted octanol–water partition coefficient (Wildman–Crippen LogP) is 3.52. The summed E-state index contributed by atoms with van der Waals surface area (Å²) in [4.78, 5) is 0. The topological polar surface area (TPSA) is 46.2 Å². The molecule has 5 nitrogen and oxygen atoms in total. The monoisotopic (exact) mass is 390 g/mol. The molecule has 0 aliphatic carbocycles. The van der Waals surface area contributed by atoms with Crippen LogP contribution in [-0.4, -0.2) is 48.5 Å². The van der Waals surface area contributed by atoms with Crippen molar-refractivity contribution >= 4 is 34.2 Å². The first-order valence-corrected chi connectivity index (χ1v) is 16.8. The quantitative estimate of drug-likeness (QED) is 0.477. The van der Waals surface area contributed by atoms with Crippen molar-refractivity contribution in [2.24, 2.45) is 0 Å². The molecule has 0 rings (SSSR count). The van der Waals surface area contributed by atoms with Crippen molar-refractivity contribution in [2.45, 2.75) is 26.2 Å². The minimum Gasteiger partial charge on any atom is -0.410 e. The molecule has 0 aliphatic heterocycles. The molecule has 0 saturated carbocycles. The van der Waals surface area contributed by atoms with Gasteiger partial charge in [0, 0.05) is 14.2 Å². The van der Waals surface area contributed by atoms with E-state index < -0.39 is 34.2 Å². The highest BCUT2D eigenvalue weighted by Gasteiger charge is 2.47. The zero-order valence-corrected chi connectivity index (χ0v) is 19.2. The number of hydrogen-bond donors (Lipinski definition) is 0. The lowest BCUT2D eigenvalue weighted by atomic mass is 11.3. The smallest absolute Gasteiger partial charge is 0.352 e. The normalized spacial score (nSPS) is 21.8. The maximum Gasteiger partial charge on any atom is 0.352 e.